The van der Waals surface area contributed by atoms with E-state index in [2.05, 4.69) is 10.2 Å². The van der Waals surface area contributed by atoms with E-state index in [4.69, 9.17) is 11.6 Å². The Kier molecular flexibility index (Phi) is 8.27. The molecule has 0 aliphatic carbocycles. The zero-order valence-electron chi connectivity index (χ0n) is 18.1. The summed E-state index contributed by atoms with van der Waals surface area (Å²) in [6.07, 6.45) is 4.79. The lowest BCUT2D eigenvalue weighted by atomic mass is 9.95. The van der Waals surface area contributed by atoms with Crippen molar-refractivity contribution < 1.29 is 9.59 Å². The molecule has 0 aromatic heterocycles. The molecule has 3 rings (SSSR count). The molecule has 0 saturated carbocycles. The Bertz CT molecular complexity index is 906. The SMILES string of the molecule is CN(C)C(CNC(=O)C1CCN(C(=O)/C=C/c2ccccc2)CC1)c1ccccc1Cl. The maximum absolute atomic E-state index is 12.7. The summed E-state index contributed by atoms with van der Waals surface area (Å²) >= 11 is 6.36. The predicted molar refractivity (Wildman–Crippen MR) is 126 cm³/mol. The minimum absolute atomic E-state index is 0.00226. The Balaban J connectivity index is 1.49. The van der Waals surface area contributed by atoms with Gasteiger partial charge in [0, 0.05) is 36.7 Å². The fraction of sp³-hybridized carbons (Fsp3) is 0.360. The summed E-state index contributed by atoms with van der Waals surface area (Å²) in [4.78, 5) is 29.1. The van der Waals surface area contributed by atoms with Crippen LogP contribution in [0.4, 0.5) is 0 Å². The van der Waals surface area contributed by atoms with Crippen LogP contribution in [0.1, 0.15) is 30.0 Å². The molecule has 2 aromatic rings. The van der Waals surface area contributed by atoms with Gasteiger partial charge in [0.25, 0.3) is 0 Å². The number of halogens is 1. The van der Waals surface area contributed by atoms with Crippen LogP contribution in [0.15, 0.2) is 60.7 Å². The first kappa shape index (κ1) is 23.0. The quantitative estimate of drug-likeness (QED) is 0.663. The Labute approximate surface area is 189 Å². The van der Waals surface area contributed by atoms with Crippen LogP contribution < -0.4 is 5.32 Å². The molecule has 0 spiro atoms. The second-order valence-electron chi connectivity index (χ2n) is 8.09. The molecular formula is C25H30ClN3O2. The number of rotatable bonds is 7. The third-order valence-electron chi connectivity index (χ3n) is 5.75. The van der Waals surface area contributed by atoms with Crippen molar-refractivity contribution in [1.82, 2.24) is 15.1 Å². The Morgan fingerprint density at radius 2 is 1.74 bits per heavy atom. The van der Waals surface area contributed by atoms with Crippen LogP contribution in [0.25, 0.3) is 6.08 Å². The molecule has 164 valence electrons. The van der Waals surface area contributed by atoms with Gasteiger partial charge in [0.1, 0.15) is 0 Å². The van der Waals surface area contributed by atoms with E-state index in [-0.39, 0.29) is 23.8 Å². The highest BCUT2D eigenvalue weighted by atomic mass is 35.5. The Morgan fingerprint density at radius 1 is 1.10 bits per heavy atom. The number of hydrogen-bond acceptors (Lipinski definition) is 3. The molecule has 2 amide bonds. The molecule has 1 fully saturated rings. The van der Waals surface area contributed by atoms with Crippen molar-refractivity contribution in [2.75, 3.05) is 33.7 Å². The Hall–Kier alpha value is -2.63. The smallest absolute Gasteiger partial charge is 0.246 e. The summed E-state index contributed by atoms with van der Waals surface area (Å²) in [6, 6.07) is 17.5. The van der Waals surface area contributed by atoms with Gasteiger partial charge in [-0.2, -0.15) is 0 Å². The molecule has 1 heterocycles. The van der Waals surface area contributed by atoms with Crippen molar-refractivity contribution in [3.8, 4) is 0 Å². The van der Waals surface area contributed by atoms with Gasteiger partial charge < -0.3 is 15.1 Å². The summed E-state index contributed by atoms with van der Waals surface area (Å²) in [6.45, 7) is 1.68. The zero-order chi connectivity index (χ0) is 22.2. The lowest BCUT2D eigenvalue weighted by Gasteiger charge is -2.31. The lowest BCUT2D eigenvalue weighted by Crippen LogP contribution is -2.44. The first-order valence-electron chi connectivity index (χ1n) is 10.7. The van der Waals surface area contributed by atoms with Gasteiger partial charge in [-0.1, -0.05) is 60.1 Å². The molecule has 0 bridgehead atoms. The number of nitrogens with zero attached hydrogens (tertiary/aromatic N) is 2. The normalized spacial score (nSPS) is 15.9. The van der Waals surface area contributed by atoms with Crippen LogP contribution >= 0.6 is 11.6 Å². The van der Waals surface area contributed by atoms with Gasteiger partial charge in [-0.05, 0) is 50.2 Å². The van der Waals surface area contributed by atoms with Crippen molar-refractivity contribution >= 4 is 29.5 Å². The molecule has 6 heteroatoms. The molecule has 2 aromatic carbocycles. The number of carbonyl (C=O) groups is 2. The largest absolute Gasteiger partial charge is 0.354 e. The van der Waals surface area contributed by atoms with Gasteiger partial charge >= 0.3 is 0 Å². The average Bonchev–Trinajstić information content (AvgIpc) is 2.79. The van der Waals surface area contributed by atoms with E-state index < -0.39 is 0 Å². The molecule has 1 unspecified atom stereocenters. The molecule has 1 aliphatic rings. The number of carbonyl (C=O) groups excluding carboxylic acids is 2. The number of piperidine rings is 1. The third-order valence-corrected chi connectivity index (χ3v) is 6.10. The van der Waals surface area contributed by atoms with Crippen LogP contribution in [-0.2, 0) is 9.59 Å². The topological polar surface area (TPSA) is 52.7 Å². The standard InChI is InChI=1S/C25H30ClN3O2/c1-28(2)23(21-10-6-7-11-22(21)26)18-27-25(31)20-14-16-29(17-15-20)24(30)13-12-19-8-4-3-5-9-19/h3-13,20,23H,14-18H2,1-2H3,(H,27,31)/b13-12+. The fourth-order valence-corrected chi connectivity index (χ4v) is 4.12. The maximum atomic E-state index is 12.7. The van der Waals surface area contributed by atoms with Crippen LogP contribution in [0.5, 0.6) is 0 Å². The van der Waals surface area contributed by atoms with E-state index in [1.54, 1.807) is 6.08 Å². The van der Waals surface area contributed by atoms with E-state index in [0.29, 0.717) is 37.5 Å². The highest BCUT2D eigenvalue weighted by Crippen LogP contribution is 2.26. The monoisotopic (exact) mass is 439 g/mol. The maximum Gasteiger partial charge on any atom is 0.246 e. The molecule has 31 heavy (non-hydrogen) atoms. The predicted octanol–water partition coefficient (Wildman–Crippen LogP) is 4.01. The van der Waals surface area contributed by atoms with Gasteiger partial charge in [-0.3, -0.25) is 9.59 Å². The summed E-state index contributed by atoms with van der Waals surface area (Å²) in [7, 11) is 3.96. The number of amides is 2. The van der Waals surface area contributed by atoms with E-state index >= 15 is 0 Å². The summed E-state index contributed by atoms with van der Waals surface area (Å²) < 4.78 is 0. The van der Waals surface area contributed by atoms with Gasteiger partial charge in [-0.15, -0.1) is 0 Å². The van der Waals surface area contributed by atoms with Crippen molar-refractivity contribution in [2.24, 2.45) is 5.92 Å². The molecule has 5 nitrogen and oxygen atoms in total. The van der Waals surface area contributed by atoms with Gasteiger partial charge in [0.05, 0.1) is 6.04 Å². The highest BCUT2D eigenvalue weighted by Gasteiger charge is 2.27. The molecule has 1 aliphatic heterocycles. The van der Waals surface area contributed by atoms with E-state index in [1.165, 1.54) is 0 Å². The van der Waals surface area contributed by atoms with Gasteiger partial charge in [0.2, 0.25) is 11.8 Å². The van der Waals surface area contributed by atoms with Crippen LogP contribution in [0.3, 0.4) is 0 Å². The number of likely N-dealkylation sites (tertiary alicyclic amines) is 1. The molecule has 1 saturated heterocycles. The number of hydrogen-bond donors (Lipinski definition) is 1. The second kappa shape index (κ2) is 11.1. The number of likely N-dealkylation sites (N-methyl/N-ethyl adjacent to an activating group) is 1. The minimum atomic E-state index is -0.0730. The lowest BCUT2D eigenvalue weighted by molar-refractivity contribution is -0.132. The van der Waals surface area contributed by atoms with Crippen LogP contribution in [0, 0.1) is 5.92 Å². The van der Waals surface area contributed by atoms with Crippen LogP contribution in [0.2, 0.25) is 5.02 Å². The van der Waals surface area contributed by atoms with E-state index in [0.717, 1.165) is 11.1 Å². The summed E-state index contributed by atoms with van der Waals surface area (Å²) in [5.41, 5.74) is 2.00. The van der Waals surface area contributed by atoms with Crippen molar-refractivity contribution in [3.05, 3.63) is 76.8 Å². The molecule has 0 radical (unpaired) electrons. The van der Waals surface area contributed by atoms with Crippen LogP contribution in [-0.4, -0.2) is 55.3 Å². The first-order valence-corrected chi connectivity index (χ1v) is 11.0. The molecule has 1 atom stereocenters. The van der Waals surface area contributed by atoms with Crippen molar-refractivity contribution in [1.29, 1.82) is 0 Å². The first-order chi connectivity index (χ1) is 15.0. The van der Waals surface area contributed by atoms with Crippen molar-refractivity contribution in [2.45, 2.75) is 18.9 Å². The second-order valence-corrected chi connectivity index (χ2v) is 8.50. The van der Waals surface area contributed by atoms with Gasteiger partial charge in [0.15, 0.2) is 0 Å². The molecule has 1 N–H and O–H groups in total. The highest BCUT2D eigenvalue weighted by molar-refractivity contribution is 6.31. The fourth-order valence-electron chi connectivity index (χ4n) is 3.86. The third kappa shape index (κ3) is 6.42. The van der Waals surface area contributed by atoms with E-state index in [9.17, 15) is 9.59 Å². The van der Waals surface area contributed by atoms with E-state index in [1.807, 2.05) is 79.7 Å². The molecular weight excluding hydrogens is 410 g/mol. The van der Waals surface area contributed by atoms with Gasteiger partial charge in [-0.25, -0.2) is 0 Å². The average molecular weight is 440 g/mol. The zero-order valence-corrected chi connectivity index (χ0v) is 18.9. The Morgan fingerprint density at radius 3 is 2.39 bits per heavy atom. The number of nitrogens with one attached hydrogen (secondary N) is 1. The van der Waals surface area contributed by atoms with Crippen molar-refractivity contribution in [3.63, 3.8) is 0 Å². The minimum Gasteiger partial charge on any atom is -0.354 e. The summed E-state index contributed by atoms with van der Waals surface area (Å²) in [5.74, 6) is -0.0313. The summed E-state index contributed by atoms with van der Waals surface area (Å²) in [5, 5.41) is 3.79. The number of benzene rings is 2.